The molecule has 40 atom stereocenters. The number of carbonyl (C=O) groups excluding carboxylic acids is 3. The van der Waals surface area contributed by atoms with E-state index in [2.05, 4.69) is 16.0 Å². The van der Waals surface area contributed by atoms with Crippen molar-refractivity contribution in [3.8, 4) is 0 Å². The van der Waals surface area contributed by atoms with E-state index in [0.717, 1.165) is 20.8 Å². The molecule has 0 aliphatic carbocycles. The third-order valence-electron chi connectivity index (χ3n) is 17.8. The second-order valence-corrected chi connectivity index (χ2v) is 24.7. The van der Waals surface area contributed by atoms with E-state index < -0.39 is 316 Å². The number of hydrogen-bond donors (Lipinski definition) is 26. The van der Waals surface area contributed by atoms with Crippen molar-refractivity contribution in [3.05, 3.63) is 0 Å². The third kappa shape index (κ3) is 17.6. The van der Waals surface area contributed by atoms with E-state index >= 15 is 0 Å². The lowest BCUT2D eigenvalue weighted by Gasteiger charge is -2.51. The van der Waals surface area contributed by atoms with E-state index in [9.17, 15) is 132 Å². The second kappa shape index (κ2) is 35.1. The smallest absolute Gasteiger partial charge is 0.217 e. The average molecular weight is 1440 g/mol. The predicted octanol–water partition coefficient (Wildman–Crippen LogP) is -18.0. The summed E-state index contributed by atoms with van der Waals surface area (Å²) >= 11 is 0. The lowest BCUT2D eigenvalue weighted by atomic mass is 9.94. The van der Waals surface area contributed by atoms with Crippen LogP contribution in [0.4, 0.5) is 0 Å². The van der Waals surface area contributed by atoms with Crippen LogP contribution in [-0.2, 0) is 85.4 Å². The van der Waals surface area contributed by atoms with Crippen LogP contribution in [0.2, 0.25) is 0 Å². The van der Waals surface area contributed by atoms with Crippen LogP contribution in [0.15, 0.2) is 0 Å². The molecule has 8 heterocycles. The summed E-state index contributed by atoms with van der Waals surface area (Å²) in [6.45, 7) is -5.32. The fourth-order valence-corrected chi connectivity index (χ4v) is 12.5. The van der Waals surface area contributed by atoms with E-state index in [4.69, 9.17) is 71.1 Å². The van der Waals surface area contributed by atoms with Crippen molar-refractivity contribution in [2.75, 3.05) is 52.9 Å². The van der Waals surface area contributed by atoms with Crippen molar-refractivity contribution in [2.24, 2.45) is 0 Å². The molecular weight excluding hydrogens is 1350 g/mol. The Morgan fingerprint density at radius 2 is 0.561 bits per heavy atom. The minimum atomic E-state index is -2.50. The number of hydrogen-bond acceptors (Lipinski definition) is 41. The van der Waals surface area contributed by atoms with Gasteiger partial charge in [-0.3, -0.25) is 14.4 Å². The predicted molar refractivity (Wildman–Crippen MR) is 299 cm³/mol. The van der Waals surface area contributed by atoms with E-state index in [1.807, 2.05) is 0 Å². The number of aliphatic hydroxyl groups is 23. The largest absolute Gasteiger partial charge is 0.394 e. The highest BCUT2D eigenvalue weighted by Crippen LogP contribution is 2.38. The van der Waals surface area contributed by atoms with Crippen molar-refractivity contribution in [2.45, 2.75) is 266 Å². The standard InChI is InChI=1S/C54H91N3O41/c1-12(64)55-23-33(74)42(19(8-62)86-47(23)83)94-49-25(57-14(3)66)34(75)43(20(9-63)91-49)95-53-41(82)45(97-54-46(37(78)29(70)18(7-61)90-54)98-48-24(56-13(2)65)32(73)26(67)15(4-58)87-48)31(72)22(93-53)11-85-51-40(81)44(96-52-39(80)36(77)28(69)17(6-60)89-52)30(71)21(92-51)10-84-50-38(79)35(76)27(68)16(5-59)88-50/h15-54,58-63,67-83H,4-11H2,1-3H3,(H,55,64)(H,56,65)(H,57,66)/t15-,16-,17-,18-,19-,20-,21-,22-,23-,24-,25-,26-,27-,28-,29-,30-,31-,32-,33-,34-,35+,36+,37+,38+,39+,40+,41+,42-,43-,44+,45+,46+,47?,48+,49+,50+,51+,52-,53+,54-/m1/s1. The molecule has 1 unspecified atom stereocenters. The van der Waals surface area contributed by atoms with Gasteiger partial charge in [-0.05, 0) is 0 Å². The van der Waals surface area contributed by atoms with Gasteiger partial charge in [-0.1, -0.05) is 0 Å². The topological polar surface area (TPSA) is 691 Å². The van der Waals surface area contributed by atoms with Crippen LogP contribution in [0.3, 0.4) is 0 Å². The number of nitrogens with one attached hydrogen (secondary N) is 3. The lowest BCUT2D eigenvalue weighted by Crippen LogP contribution is -2.70. The molecule has 0 saturated carbocycles. The van der Waals surface area contributed by atoms with E-state index in [0.29, 0.717) is 0 Å². The molecule has 0 aromatic rings. The van der Waals surface area contributed by atoms with Crippen molar-refractivity contribution in [1.82, 2.24) is 16.0 Å². The molecule has 8 saturated heterocycles. The van der Waals surface area contributed by atoms with Crippen molar-refractivity contribution in [1.29, 1.82) is 0 Å². The summed E-state index contributed by atoms with van der Waals surface area (Å²) in [6.07, 6.45) is -75.7. The minimum Gasteiger partial charge on any atom is -0.394 e. The van der Waals surface area contributed by atoms with Gasteiger partial charge in [0.15, 0.2) is 50.3 Å². The molecule has 0 bridgehead atoms. The highest BCUT2D eigenvalue weighted by Gasteiger charge is 2.59. The molecule has 8 fully saturated rings. The van der Waals surface area contributed by atoms with Crippen LogP contribution in [-0.4, -0.2) is 433 Å². The Balaban J connectivity index is 1.14. The maximum absolute atomic E-state index is 12.9. The molecule has 0 aromatic heterocycles. The SMILES string of the molecule is CC(=O)N[C@H]1[C@H](O[C@H]2[C@H](O)[C@@H](NC(C)=O)C(O)O[C@@H]2CO)O[C@H](CO)[C@@H](O[C@@H]2O[C@H](CO[C@H]3O[C@H](CO[C@H]4O[C@H](CO)[C@@H](O)[C@H](O)[C@@H]4O)[C@@H](O)[C@H](O[C@H]4O[C@H](CO)[C@@H](O)[C@H](O)[C@@H]4O)[C@@H]3O)[C@@H](O)[C@H](O[C@H]3O[C@H](CO)[C@@H](O)[C@H](O)[C@@H]3O[C@@H]3O[C@H](CO)[C@@H](O)[C@H](O)[C@H]3NC(C)=O)[C@@H]2O)[C@@H]1O. The fourth-order valence-electron chi connectivity index (χ4n) is 12.5. The van der Waals surface area contributed by atoms with E-state index in [-0.39, 0.29) is 0 Å². The van der Waals surface area contributed by atoms with Crippen LogP contribution in [0.1, 0.15) is 20.8 Å². The average Bonchev–Trinajstić information content (AvgIpc) is 0.771. The molecule has 568 valence electrons. The van der Waals surface area contributed by atoms with Crippen LogP contribution >= 0.6 is 0 Å². The molecule has 0 aromatic carbocycles. The van der Waals surface area contributed by atoms with Gasteiger partial charge in [0, 0.05) is 20.8 Å². The highest BCUT2D eigenvalue weighted by molar-refractivity contribution is 5.74. The zero-order valence-corrected chi connectivity index (χ0v) is 52.4. The Hall–Kier alpha value is -3.11. The highest BCUT2D eigenvalue weighted by atomic mass is 16.8. The maximum Gasteiger partial charge on any atom is 0.217 e. The molecule has 8 rings (SSSR count). The quantitative estimate of drug-likeness (QED) is 0.0404. The third-order valence-corrected chi connectivity index (χ3v) is 17.8. The first-order chi connectivity index (χ1) is 46.3. The van der Waals surface area contributed by atoms with Gasteiger partial charge < -0.3 is 204 Å². The molecule has 3 amide bonds. The molecule has 44 heteroatoms. The van der Waals surface area contributed by atoms with E-state index in [1.54, 1.807) is 0 Å². The molecule has 0 radical (unpaired) electrons. The van der Waals surface area contributed by atoms with Crippen LogP contribution in [0.5, 0.6) is 0 Å². The molecule has 8 aliphatic heterocycles. The maximum atomic E-state index is 12.9. The Morgan fingerprint density at radius 1 is 0.265 bits per heavy atom. The van der Waals surface area contributed by atoms with Crippen molar-refractivity contribution >= 4 is 17.7 Å². The summed E-state index contributed by atoms with van der Waals surface area (Å²) in [7, 11) is 0. The van der Waals surface area contributed by atoms with Crippen LogP contribution < -0.4 is 16.0 Å². The van der Waals surface area contributed by atoms with Gasteiger partial charge in [0.2, 0.25) is 17.7 Å². The fraction of sp³-hybridized carbons (Fsp3) is 0.944. The summed E-state index contributed by atoms with van der Waals surface area (Å²) in [4.78, 5) is 37.4. The number of carbonyl (C=O) groups is 3. The number of amides is 3. The van der Waals surface area contributed by atoms with Gasteiger partial charge in [0.1, 0.15) is 195 Å². The molecule has 26 N–H and O–H groups in total. The second-order valence-electron chi connectivity index (χ2n) is 24.7. The van der Waals surface area contributed by atoms with Gasteiger partial charge in [-0.25, -0.2) is 0 Å². The first-order valence-electron chi connectivity index (χ1n) is 31.1. The summed E-state index contributed by atoms with van der Waals surface area (Å²) < 4.78 is 87.4. The van der Waals surface area contributed by atoms with Gasteiger partial charge in [0.05, 0.1) is 52.9 Å². The van der Waals surface area contributed by atoms with Gasteiger partial charge in [-0.2, -0.15) is 0 Å². The van der Waals surface area contributed by atoms with Gasteiger partial charge in [0.25, 0.3) is 0 Å². The number of aliphatic hydroxyl groups excluding tert-OH is 23. The molecule has 98 heavy (non-hydrogen) atoms. The molecular formula is C54H91N3O41. The number of rotatable bonds is 25. The van der Waals surface area contributed by atoms with Gasteiger partial charge >= 0.3 is 0 Å². The first kappa shape index (κ1) is 80.6. The van der Waals surface area contributed by atoms with Crippen LogP contribution in [0.25, 0.3) is 0 Å². The normalized spacial score (nSPS) is 49.5. The minimum absolute atomic E-state index is 0.769. The summed E-state index contributed by atoms with van der Waals surface area (Å²) in [6, 6.07) is -5.26. The zero-order valence-electron chi connectivity index (χ0n) is 52.4. The van der Waals surface area contributed by atoms with Crippen molar-refractivity contribution in [3.63, 3.8) is 0 Å². The number of ether oxygens (including phenoxy) is 15. The lowest BCUT2D eigenvalue weighted by molar-refractivity contribution is -0.396. The van der Waals surface area contributed by atoms with Crippen molar-refractivity contribution < 1.29 is 203 Å². The first-order valence-corrected chi connectivity index (χ1v) is 31.1. The zero-order chi connectivity index (χ0) is 72.2. The summed E-state index contributed by atoms with van der Waals surface area (Å²) in [5.74, 6) is -2.54. The Bertz CT molecular complexity index is 2510. The molecule has 44 nitrogen and oxygen atoms in total. The Kier molecular flexibility index (Phi) is 28.9. The Labute approximate surface area is 554 Å². The monoisotopic (exact) mass is 1440 g/mol. The molecule has 0 spiro atoms. The molecule has 8 aliphatic rings. The van der Waals surface area contributed by atoms with Gasteiger partial charge in [-0.15, -0.1) is 0 Å². The Morgan fingerprint density at radius 3 is 1.04 bits per heavy atom. The summed E-state index contributed by atoms with van der Waals surface area (Å²) in [5, 5.41) is 259. The summed E-state index contributed by atoms with van der Waals surface area (Å²) in [5.41, 5.74) is 0. The van der Waals surface area contributed by atoms with Crippen LogP contribution in [0, 0.1) is 0 Å². The van der Waals surface area contributed by atoms with E-state index in [1.165, 1.54) is 0 Å².